The zero-order valence-electron chi connectivity index (χ0n) is 7.07. The average Bonchev–Trinajstić information content (AvgIpc) is 2.67. The van der Waals surface area contributed by atoms with Crippen LogP contribution in [-0.2, 0) is 0 Å². The lowest BCUT2D eigenvalue weighted by molar-refractivity contribution is 1.19. The van der Waals surface area contributed by atoms with E-state index < -0.39 is 0 Å². The van der Waals surface area contributed by atoms with E-state index in [0.717, 1.165) is 17.1 Å². The van der Waals surface area contributed by atoms with Crippen molar-refractivity contribution >= 4 is 6.08 Å². The van der Waals surface area contributed by atoms with Crippen molar-refractivity contribution in [2.75, 3.05) is 0 Å². The summed E-state index contributed by atoms with van der Waals surface area (Å²) >= 11 is 0. The summed E-state index contributed by atoms with van der Waals surface area (Å²) in [6.07, 6.45) is 6.81. The van der Waals surface area contributed by atoms with Gasteiger partial charge in [0.1, 0.15) is 5.69 Å². The molecule has 2 heterocycles. The Morgan fingerprint density at radius 1 is 1.31 bits per heavy atom. The molecule has 0 amide bonds. The Labute approximate surface area is 76.2 Å². The maximum atomic E-state index is 4.17. The van der Waals surface area contributed by atoms with Crippen LogP contribution in [0.15, 0.2) is 37.3 Å². The summed E-state index contributed by atoms with van der Waals surface area (Å²) in [5.41, 5.74) is 2.79. The molecule has 3 heteroatoms. The maximum Gasteiger partial charge on any atom is 0.105 e. The molecule has 0 bridgehead atoms. The quantitative estimate of drug-likeness (QED) is 0.751. The lowest BCUT2D eigenvalue weighted by Crippen LogP contribution is -1.83. The van der Waals surface area contributed by atoms with E-state index in [0.29, 0.717) is 0 Å². The third kappa shape index (κ3) is 1.49. The zero-order valence-corrected chi connectivity index (χ0v) is 7.07. The van der Waals surface area contributed by atoms with Gasteiger partial charge in [0.15, 0.2) is 0 Å². The fourth-order valence-electron chi connectivity index (χ4n) is 1.12. The highest BCUT2D eigenvalue weighted by atomic mass is 14.8. The van der Waals surface area contributed by atoms with Crippen LogP contribution in [0.1, 0.15) is 5.69 Å². The predicted octanol–water partition coefficient (Wildman–Crippen LogP) is 2.11. The van der Waals surface area contributed by atoms with Crippen LogP contribution in [-0.4, -0.2) is 15.0 Å². The van der Waals surface area contributed by atoms with Crippen LogP contribution in [0.3, 0.4) is 0 Å². The minimum absolute atomic E-state index is 0.843. The molecule has 0 saturated heterocycles. The summed E-state index contributed by atoms with van der Waals surface area (Å²) in [6.45, 7) is 3.67. The smallest absolute Gasteiger partial charge is 0.105 e. The Kier molecular flexibility index (Phi) is 1.92. The van der Waals surface area contributed by atoms with Crippen molar-refractivity contribution in [2.24, 2.45) is 0 Å². The van der Waals surface area contributed by atoms with Gasteiger partial charge in [-0.05, 0) is 18.2 Å². The van der Waals surface area contributed by atoms with Crippen molar-refractivity contribution in [1.82, 2.24) is 15.0 Å². The molecule has 0 spiro atoms. The van der Waals surface area contributed by atoms with Crippen LogP contribution in [0.25, 0.3) is 17.5 Å². The van der Waals surface area contributed by atoms with Crippen molar-refractivity contribution in [1.29, 1.82) is 0 Å². The first kappa shape index (κ1) is 7.73. The summed E-state index contributed by atoms with van der Waals surface area (Å²) in [6, 6.07) is 3.91. The molecule has 0 aliphatic rings. The van der Waals surface area contributed by atoms with E-state index in [2.05, 4.69) is 21.5 Å². The van der Waals surface area contributed by atoms with Gasteiger partial charge in [-0.15, -0.1) is 0 Å². The standard InChI is InChI=1S/C10H9N3/c1-2-8-3-4-9(13-8)10-7-11-5-6-12-10/h2-7,13H,1H2. The Morgan fingerprint density at radius 3 is 2.85 bits per heavy atom. The minimum Gasteiger partial charge on any atom is -0.354 e. The highest BCUT2D eigenvalue weighted by Gasteiger charge is 1.99. The largest absolute Gasteiger partial charge is 0.354 e. The van der Waals surface area contributed by atoms with E-state index in [1.807, 2.05) is 12.1 Å². The van der Waals surface area contributed by atoms with Crippen molar-refractivity contribution in [3.8, 4) is 11.4 Å². The van der Waals surface area contributed by atoms with Crippen LogP contribution in [0, 0.1) is 0 Å². The first-order valence-corrected chi connectivity index (χ1v) is 3.98. The molecule has 2 rings (SSSR count). The highest BCUT2D eigenvalue weighted by molar-refractivity contribution is 5.57. The second-order valence-corrected chi connectivity index (χ2v) is 2.62. The van der Waals surface area contributed by atoms with E-state index in [4.69, 9.17) is 0 Å². The molecule has 0 atom stereocenters. The van der Waals surface area contributed by atoms with E-state index in [9.17, 15) is 0 Å². The van der Waals surface area contributed by atoms with Crippen LogP contribution in [0.5, 0.6) is 0 Å². The Morgan fingerprint density at radius 2 is 2.23 bits per heavy atom. The maximum absolute atomic E-state index is 4.17. The molecule has 0 radical (unpaired) electrons. The Hall–Kier alpha value is -1.90. The first-order valence-electron chi connectivity index (χ1n) is 3.98. The summed E-state index contributed by atoms with van der Waals surface area (Å²) in [5, 5.41) is 0. The van der Waals surface area contributed by atoms with Gasteiger partial charge in [-0.3, -0.25) is 9.97 Å². The molecule has 0 unspecified atom stereocenters. The van der Waals surface area contributed by atoms with Gasteiger partial charge in [0, 0.05) is 18.1 Å². The molecule has 3 nitrogen and oxygen atoms in total. The van der Waals surface area contributed by atoms with Gasteiger partial charge < -0.3 is 4.98 Å². The normalized spacial score (nSPS) is 9.85. The Balaban J connectivity index is 2.41. The molecular formula is C10H9N3. The topological polar surface area (TPSA) is 41.6 Å². The predicted molar refractivity (Wildman–Crippen MR) is 51.9 cm³/mol. The molecule has 0 aromatic carbocycles. The SMILES string of the molecule is C=Cc1ccc(-c2cnccn2)[nH]1. The van der Waals surface area contributed by atoms with Crippen molar-refractivity contribution < 1.29 is 0 Å². The van der Waals surface area contributed by atoms with Gasteiger partial charge in [0.05, 0.1) is 11.9 Å². The van der Waals surface area contributed by atoms with Gasteiger partial charge >= 0.3 is 0 Å². The van der Waals surface area contributed by atoms with Gasteiger partial charge in [0.25, 0.3) is 0 Å². The molecule has 13 heavy (non-hydrogen) atoms. The molecule has 0 aliphatic heterocycles. The minimum atomic E-state index is 0.843. The first-order chi connectivity index (χ1) is 6.40. The van der Waals surface area contributed by atoms with Crippen LogP contribution >= 0.6 is 0 Å². The fraction of sp³-hybridized carbons (Fsp3) is 0. The summed E-state index contributed by atoms with van der Waals surface area (Å²) < 4.78 is 0. The van der Waals surface area contributed by atoms with Crippen molar-refractivity contribution in [3.05, 3.63) is 43.0 Å². The van der Waals surface area contributed by atoms with E-state index in [1.54, 1.807) is 24.7 Å². The Bertz CT molecular complexity index is 403. The number of nitrogens with zero attached hydrogens (tertiary/aromatic N) is 2. The average molecular weight is 171 g/mol. The molecule has 0 saturated carbocycles. The third-order valence-corrected chi connectivity index (χ3v) is 1.77. The molecule has 0 fully saturated rings. The molecular weight excluding hydrogens is 162 g/mol. The van der Waals surface area contributed by atoms with Gasteiger partial charge in [-0.1, -0.05) is 6.58 Å². The van der Waals surface area contributed by atoms with Crippen LogP contribution in [0.2, 0.25) is 0 Å². The van der Waals surface area contributed by atoms with E-state index >= 15 is 0 Å². The summed E-state index contributed by atoms with van der Waals surface area (Å²) in [7, 11) is 0. The number of aromatic nitrogens is 3. The zero-order chi connectivity index (χ0) is 9.10. The van der Waals surface area contributed by atoms with Gasteiger partial charge in [-0.25, -0.2) is 0 Å². The molecule has 1 N–H and O–H groups in total. The number of nitrogens with one attached hydrogen (secondary N) is 1. The monoisotopic (exact) mass is 171 g/mol. The highest BCUT2D eigenvalue weighted by Crippen LogP contribution is 2.14. The molecule has 2 aromatic rings. The van der Waals surface area contributed by atoms with Gasteiger partial charge in [-0.2, -0.15) is 0 Å². The second-order valence-electron chi connectivity index (χ2n) is 2.62. The lowest BCUT2D eigenvalue weighted by Gasteiger charge is -1.93. The third-order valence-electron chi connectivity index (χ3n) is 1.77. The second kappa shape index (κ2) is 3.23. The van der Waals surface area contributed by atoms with Crippen molar-refractivity contribution in [2.45, 2.75) is 0 Å². The number of hydrogen-bond acceptors (Lipinski definition) is 2. The molecule has 0 aliphatic carbocycles. The van der Waals surface area contributed by atoms with Gasteiger partial charge in [0.2, 0.25) is 0 Å². The number of H-pyrrole nitrogens is 1. The lowest BCUT2D eigenvalue weighted by atomic mass is 10.3. The molecule has 2 aromatic heterocycles. The van der Waals surface area contributed by atoms with Crippen LogP contribution < -0.4 is 0 Å². The fourth-order valence-corrected chi connectivity index (χ4v) is 1.12. The van der Waals surface area contributed by atoms with E-state index in [1.165, 1.54) is 0 Å². The number of rotatable bonds is 2. The number of hydrogen-bond donors (Lipinski definition) is 1. The summed E-state index contributed by atoms with van der Waals surface area (Å²) in [5.74, 6) is 0. The van der Waals surface area contributed by atoms with E-state index in [-0.39, 0.29) is 0 Å². The molecule has 64 valence electrons. The van der Waals surface area contributed by atoms with Crippen molar-refractivity contribution in [3.63, 3.8) is 0 Å². The number of aromatic amines is 1. The van der Waals surface area contributed by atoms with Crippen LogP contribution in [0.4, 0.5) is 0 Å². The summed E-state index contributed by atoms with van der Waals surface area (Å²) in [4.78, 5) is 11.3.